The fourth-order valence-electron chi connectivity index (χ4n) is 3.01. The lowest BCUT2D eigenvalue weighted by molar-refractivity contribution is 0.259. The van der Waals surface area contributed by atoms with Crippen molar-refractivity contribution >= 4 is 39.9 Å². The minimum Gasteiger partial charge on any atom is -0.475 e. The molecule has 21 heavy (non-hydrogen) atoms. The molecule has 0 saturated carbocycles. The number of piperidine rings is 1. The van der Waals surface area contributed by atoms with Crippen LogP contribution in [0.15, 0.2) is 0 Å². The topological polar surface area (TPSA) is 51.1 Å². The predicted octanol–water partition coefficient (Wildman–Crippen LogP) is 3.22. The largest absolute Gasteiger partial charge is 0.475 e. The van der Waals surface area contributed by atoms with Crippen molar-refractivity contribution in [3.8, 4) is 5.88 Å². The highest BCUT2D eigenvalue weighted by Gasteiger charge is 2.32. The van der Waals surface area contributed by atoms with E-state index < -0.39 is 5.82 Å². The highest BCUT2D eigenvalue weighted by atomic mass is 35.5. The Morgan fingerprint density at radius 2 is 2.05 bits per heavy atom. The summed E-state index contributed by atoms with van der Waals surface area (Å²) in [6.45, 7) is 1.30. The Bertz CT molecular complexity index is 742. The molecule has 1 unspecified atom stereocenters. The Morgan fingerprint density at radius 3 is 2.90 bits per heavy atom. The summed E-state index contributed by atoms with van der Waals surface area (Å²) in [5, 5.41) is 0.180. The normalized spacial score (nSPS) is 20.9. The summed E-state index contributed by atoms with van der Waals surface area (Å²) in [7, 11) is 0. The van der Waals surface area contributed by atoms with Gasteiger partial charge in [-0.1, -0.05) is 11.6 Å². The molecule has 2 aliphatic heterocycles. The van der Waals surface area contributed by atoms with E-state index in [0.717, 1.165) is 25.8 Å². The number of rotatable bonds is 0. The molecule has 1 atom stereocenters. The summed E-state index contributed by atoms with van der Waals surface area (Å²) >= 11 is 11.8. The summed E-state index contributed by atoms with van der Waals surface area (Å²) in [5.74, 6) is 0.169. The predicted molar refractivity (Wildman–Crippen MR) is 77.8 cm³/mol. The van der Waals surface area contributed by atoms with Gasteiger partial charge in [0.1, 0.15) is 23.3 Å². The summed E-state index contributed by atoms with van der Waals surface area (Å²) in [5.41, 5.74) is 0.0613. The van der Waals surface area contributed by atoms with Gasteiger partial charge in [-0.25, -0.2) is 9.37 Å². The number of halogens is 3. The van der Waals surface area contributed by atoms with Gasteiger partial charge in [0.25, 0.3) is 0 Å². The molecular weight excluding hydrogens is 318 g/mol. The Balaban J connectivity index is 2.06. The van der Waals surface area contributed by atoms with Crippen molar-refractivity contribution < 1.29 is 9.13 Å². The lowest BCUT2D eigenvalue weighted by Crippen LogP contribution is -2.42. The van der Waals surface area contributed by atoms with E-state index in [-0.39, 0.29) is 27.9 Å². The molecule has 8 heteroatoms. The number of fused-ring (bicyclic) bond motifs is 2. The molecule has 0 N–H and O–H groups in total. The van der Waals surface area contributed by atoms with E-state index in [1.54, 1.807) is 0 Å². The maximum atomic E-state index is 14.2. The lowest BCUT2D eigenvalue weighted by Gasteiger charge is -2.34. The van der Waals surface area contributed by atoms with Crippen LogP contribution in [0.5, 0.6) is 5.88 Å². The minimum atomic E-state index is -0.694. The van der Waals surface area contributed by atoms with Crippen LogP contribution in [-0.4, -0.2) is 34.1 Å². The third-order valence-corrected chi connectivity index (χ3v) is 4.40. The number of nitrogens with zero attached hydrogens (tertiary/aromatic N) is 4. The SMILES string of the molecule is Fc1c(Cl)nc2c3c(nc(Cl)nc13)N1CCCCC1CO2. The zero-order valence-electron chi connectivity index (χ0n) is 10.9. The molecule has 1 saturated heterocycles. The molecule has 2 aromatic heterocycles. The molecule has 1 fully saturated rings. The first-order chi connectivity index (χ1) is 10.1. The van der Waals surface area contributed by atoms with Crippen LogP contribution in [0.1, 0.15) is 19.3 Å². The standard InChI is InChI=1S/C13H11Cl2FN4O/c14-10-8(16)9-7-11(19-13(15)17-9)20-4-2-1-3-6(20)5-21-12(7)18-10/h6H,1-5H2. The second-order valence-corrected chi connectivity index (χ2v) is 5.91. The molecule has 4 rings (SSSR count). The van der Waals surface area contributed by atoms with E-state index in [1.165, 1.54) is 0 Å². The van der Waals surface area contributed by atoms with Crippen LogP contribution in [0, 0.1) is 5.82 Å². The first kappa shape index (κ1) is 13.3. The van der Waals surface area contributed by atoms with Crippen molar-refractivity contribution in [1.29, 1.82) is 0 Å². The van der Waals surface area contributed by atoms with Crippen molar-refractivity contribution in [3.63, 3.8) is 0 Å². The summed E-state index contributed by atoms with van der Waals surface area (Å²) in [4.78, 5) is 14.4. The minimum absolute atomic E-state index is 0.00385. The van der Waals surface area contributed by atoms with Gasteiger partial charge in [-0.05, 0) is 30.9 Å². The third-order valence-electron chi connectivity index (χ3n) is 3.98. The lowest BCUT2D eigenvalue weighted by atomic mass is 10.0. The molecule has 0 aromatic carbocycles. The number of hydrogen-bond acceptors (Lipinski definition) is 5. The van der Waals surface area contributed by atoms with Crippen molar-refractivity contribution in [3.05, 3.63) is 16.3 Å². The van der Waals surface area contributed by atoms with Gasteiger partial charge in [0.2, 0.25) is 11.2 Å². The van der Waals surface area contributed by atoms with Gasteiger partial charge in [-0.2, -0.15) is 9.97 Å². The van der Waals surface area contributed by atoms with Crippen LogP contribution in [0.3, 0.4) is 0 Å². The van der Waals surface area contributed by atoms with Crippen LogP contribution in [-0.2, 0) is 0 Å². The second-order valence-electron chi connectivity index (χ2n) is 5.22. The summed E-state index contributed by atoms with van der Waals surface area (Å²) < 4.78 is 20.0. The van der Waals surface area contributed by atoms with Crippen LogP contribution >= 0.6 is 23.2 Å². The van der Waals surface area contributed by atoms with Crippen LogP contribution in [0.2, 0.25) is 10.4 Å². The van der Waals surface area contributed by atoms with Crippen molar-refractivity contribution in [2.75, 3.05) is 18.1 Å². The van der Waals surface area contributed by atoms with Gasteiger partial charge in [-0.15, -0.1) is 0 Å². The van der Waals surface area contributed by atoms with Crippen LogP contribution < -0.4 is 9.64 Å². The molecule has 2 aliphatic rings. The number of ether oxygens (including phenoxy) is 1. The van der Waals surface area contributed by atoms with Gasteiger partial charge in [0, 0.05) is 6.54 Å². The third kappa shape index (κ3) is 2.00. The van der Waals surface area contributed by atoms with Crippen LogP contribution in [0.25, 0.3) is 10.9 Å². The van der Waals surface area contributed by atoms with Crippen molar-refractivity contribution in [2.24, 2.45) is 0 Å². The average molecular weight is 329 g/mol. The monoisotopic (exact) mass is 328 g/mol. The quantitative estimate of drug-likeness (QED) is 0.549. The average Bonchev–Trinajstić information content (AvgIpc) is 2.63. The highest BCUT2D eigenvalue weighted by molar-refractivity contribution is 6.31. The highest BCUT2D eigenvalue weighted by Crippen LogP contribution is 2.40. The maximum Gasteiger partial charge on any atom is 0.228 e. The molecule has 0 spiro atoms. The van der Waals surface area contributed by atoms with Gasteiger partial charge in [-0.3, -0.25) is 0 Å². The van der Waals surface area contributed by atoms with Crippen LogP contribution in [0.4, 0.5) is 10.2 Å². The zero-order valence-corrected chi connectivity index (χ0v) is 12.5. The van der Waals surface area contributed by atoms with Gasteiger partial charge in [0.05, 0.1) is 6.04 Å². The number of pyridine rings is 1. The second kappa shape index (κ2) is 4.81. The first-order valence-corrected chi connectivity index (χ1v) is 7.52. The summed E-state index contributed by atoms with van der Waals surface area (Å²) in [6, 6.07) is 0.184. The molecule has 5 nitrogen and oxygen atoms in total. The molecule has 2 aromatic rings. The van der Waals surface area contributed by atoms with E-state index >= 15 is 0 Å². The van der Waals surface area contributed by atoms with E-state index in [9.17, 15) is 4.39 Å². The van der Waals surface area contributed by atoms with E-state index in [0.29, 0.717) is 17.8 Å². The number of anilines is 1. The van der Waals surface area contributed by atoms with E-state index in [2.05, 4.69) is 19.9 Å². The maximum absolute atomic E-state index is 14.2. The van der Waals surface area contributed by atoms with E-state index in [4.69, 9.17) is 27.9 Å². The molecule has 110 valence electrons. The van der Waals surface area contributed by atoms with Gasteiger partial charge >= 0.3 is 0 Å². The van der Waals surface area contributed by atoms with Crippen molar-refractivity contribution in [2.45, 2.75) is 25.3 Å². The van der Waals surface area contributed by atoms with Crippen molar-refractivity contribution in [1.82, 2.24) is 15.0 Å². The molecule has 0 amide bonds. The fraction of sp³-hybridized carbons (Fsp3) is 0.462. The molecule has 0 bridgehead atoms. The molecule has 0 aliphatic carbocycles. The Morgan fingerprint density at radius 1 is 1.19 bits per heavy atom. The molecular formula is C13H11Cl2FN4O. The Labute approximate surface area is 130 Å². The van der Waals surface area contributed by atoms with Gasteiger partial charge < -0.3 is 9.64 Å². The first-order valence-electron chi connectivity index (χ1n) is 6.77. The fourth-order valence-corrected chi connectivity index (χ4v) is 3.34. The number of aromatic nitrogens is 3. The Kier molecular flexibility index (Phi) is 3.04. The number of hydrogen-bond donors (Lipinski definition) is 0. The smallest absolute Gasteiger partial charge is 0.228 e. The molecule has 0 radical (unpaired) electrons. The molecule has 4 heterocycles. The zero-order chi connectivity index (χ0) is 14.6. The van der Waals surface area contributed by atoms with Gasteiger partial charge in [0.15, 0.2) is 11.0 Å². The Hall–Kier alpha value is -1.40. The van der Waals surface area contributed by atoms with E-state index in [1.807, 2.05) is 0 Å². The summed E-state index contributed by atoms with van der Waals surface area (Å²) in [6.07, 6.45) is 3.18.